The number of benzene rings is 2. The van der Waals surface area contributed by atoms with E-state index in [1.165, 1.54) is 6.08 Å². The predicted octanol–water partition coefficient (Wildman–Crippen LogP) is 5.14. The maximum atomic E-state index is 15.1. The fourth-order valence-electron chi connectivity index (χ4n) is 4.76. The second kappa shape index (κ2) is 10.4. The number of Topliss-reactive ketones (excluding diaryl/α,β-unsaturated/α-hetero) is 1. The third kappa shape index (κ3) is 4.98. The van der Waals surface area contributed by atoms with Gasteiger partial charge in [-0.05, 0) is 44.0 Å². The van der Waals surface area contributed by atoms with Gasteiger partial charge in [0.2, 0.25) is 5.78 Å². The van der Waals surface area contributed by atoms with E-state index >= 15 is 4.39 Å². The summed E-state index contributed by atoms with van der Waals surface area (Å²) in [4.78, 5) is 12.9. The van der Waals surface area contributed by atoms with Crippen LogP contribution in [0.25, 0.3) is 0 Å². The van der Waals surface area contributed by atoms with Gasteiger partial charge in [-0.1, -0.05) is 49.7 Å². The van der Waals surface area contributed by atoms with Gasteiger partial charge in [-0.2, -0.15) is 0 Å². The van der Waals surface area contributed by atoms with Crippen molar-refractivity contribution in [1.29, 1.82) is 0 Å². The van der Waals surface area contributed by atoms with Gasteiger partial charge >= 0.3 is 0 Å². The van der Waals surface area contributed by atoms with Crippen molar-refractivity contribution in [3.05, 3.63) is 71.6 Å². The molecular weight excluding hydrogens is 622 g/mol. The Labute approximate surface area is 224 Å². The van der Waals surface area contributed by atoms with E-state index in [4.69, 9.17) is 9.47 Å². The molecular formula is C26H29AcFO4. The number of halogens is 1. The molecule has 1 N–H and O–H groups in total. The first kappa shape index (κ1) is 25.4. The molecule has 2 aromatic rings. The maximum absolute atomic E-state index is 15.1. The van der Waals surface area contributed by atoms with Crippen LogP contribution in [0, 0.1) is 50.0 Å². The first-order chi connectivity index (χ1) is 14.8. The first-order valence-corrected chi connectivity index (χ1v) is 10.9. The van der Waals surface area contributed by atoms with Gasteiger partial charge in [-0.25, -0.2) is 4.39 Å². The monoisotopic (exact) mass is 651 g/mol. The quantitative estimate of drug-likeness (QED) is 0.422. The van der Waals surface area contributed by atoms with Crippen molar-refractivity contribution in [2.45, 2.75) is 63.8 Å². The normalized spacial score (nSPS) is 24.2. The maximum Gasteiger partial charge on any atom is 0.233 e. The number of para-hydroxylation sites is 2. The van der Waals surface area contributed by atoms with E-state index in [-0.39, 0.29) is 56.1 Å². The van der Waals surface area contributed by atoms with Crippen LogP contribution in [0.15, 0.2) is 60.4 Å². The SMILES string of the molecule is CCCc1cccc2c1O[C@H]1C[C@@H](O)[C@H](/C=C(\F)C(=O)C(C)(C)Oc3ccccc3)[C@@H]21.[Ac]. The Balaban J connectivity index is 0.00000289. The number of ether oxygens (including phenoxy) is 2. The smallest absolute Gasteiger partial charge is 0.233 e. The van der Waals surface area contributed by atoms with E-state index in [1.807, 2.05) is 18.2 Å². The molecule has 1 saturated carbocycles. The Morgan fingerprint density at radius 1 is 1.22 bits per heavy atom. The van der Waals surface area contributed by atoms with Gasteiger partial charge in [-0.3, -0.25) is 4.79 Å². The molecule has 0 spiro atoms. The number of aliphatic hydroxyl groups excluding tert-OH is 1. The number of aliphatic hydroxyl groups is 1. The summed E-state index contributed by atoms with van der Waals surface area (Å²) in [5.74, 6) is -0.965. The van der Waals surface area contributed by atoms with Gasteiger partial charge in [0.05, 0.1) is 6.10 Å². The largest absolute Gasteiger partial charge is 0.489 e. The first-order valence-electron chi connectivity index (χ1n) is 10.9. The van der Waals surface area contributed by atoms with Gasteiger partial charge in [0.1, 0.15) is 17.6 Å². The van der Waals surface area contributed by atoms with Crippen LogP contribution in [0.4, 0.5) is 4.39 Å². The minimum Gasteiger partial charge on any atom is -0.489 e. The summed E-state index contributed by atoms with van der Waals surface area (Å²) in [6.45, 7) is 5.22. The molecule has 4 rings (SSSR count). The third-order valence-electron chi connectivity index (χ3n) is 6.23. The van der Waals surface area contributed by atoms with Gasteiger partial charge < -0.3 is 14.6 Å². The Kier molecular flexibility index (Phi) is 8.23. The second-order valence-corrected chi connectivity index (χ2v) is 8.92. The molecule has 0 bridgehead atoms. The van der Waals surface area contributed by atoms with Gasteiger partial charge in [0.15, 0.2) is 11.4 Å². The van der Waals surface area contributed by atoms with Crippen LogP contribution < -0.4 is 9.47 Å². The summed E-state index contributed by atoms with van der Waals surface area (Å²) in [6.07, 6.45) is 2.62. The number of hydrogen-bond donors (Lipinski definition) is 1. The molecule has 32 heavy (non-hydrogen) atoms. The molecule has 167 valence electrons. The van der Waals surface area contributed by atoms with Gasteiger partial charge in [-0.15, -0.1) is 0 Å². The number of aryl methyl sites for hydroxylation is 1. The number of ketones is 1. The summed E-state index contributed by atoms with van der Waals surface area (Å²) < 4.78 is 27.1. The number of fused-ring (bicyclic) bond motifs is 3. The Hall–Kier alpha value is -1.22. The number of hydrogen-bond acceptors (Lipinski definition) is 4. The summed E-state index contributed by atoms with van der Waals surface area (Å²) in [7, 11) is 0. The van der Waals surface area contributed by atoms with Crippen LogP contribution in [-0.2, 0) is 11.2 Å². The molecule has 0 unspecified atom stereocenters. The number of carbonyl (C=O) groups is 1. The zero-order chi connectivity index (χ0) is 22.2. The predicted molar refractivity (Wildman–Crippen MR) is 117 cm³/mol. The van der Waals surface area contributed by atoms with E-state index in [2.05, 4.69) is 13.0 Å². The molecule has 1 fully saturated rings. The second-order valence-electron chi connectivity index (χ2n) is 8.92. The van der Waals surface area contributed by atoms with Crippen molar-refractivity contribution in [3.8, 4) is 11.5 Å². The van der Waals surface area contributed by atoms with Gasteiger partial charge in [0.25, 0.3) is 0 Å². The van der Waals surface area contributed by atoms with E-state index in [0.717, 1.165) is 29.7 Å². The molecule has 0 saturated heterocycles. The topological polar surface area (TPSA) is 55.8 Å². The van der Waals surface area contributed by atoms with E-state index in [9.17, 15) is 9.90 Å². The van der Waals surface area contributed by atoms with Crippen LogP contribution in [0.2, 0.25) is 0 Å². The Morgan fingerprint density at radius 2 is 1.94 bits per heavy atom. The van der Waals surface area contributed by atoms with E-state index in [0.29, 0.717) is 12.2 Å². The average Bonchev–Trinajstić information content (AvgIpc) is 3.24. The molecule has 2 aromatic carbocycles. The summed E-state index contributed by atoms with van der Waals surface area (Å²) in [6, 6.07) is 14.9. The number of carbonyl (C=O) groups excluding carboxylic acids is 1. The fraction of sp³-hybridized carbons (Fsp3) is 0.423. The molecule has 2 aliphatic rings. The average molecular weight is 652 g/mol. The van der Waals surface area contributed by atoms with Crippen molar-refractivity contribution >= 4 is 5.78 Å². The zero-order valence-corrected chi connectivity index (χ0v) is 23.5. The molecule has 6 heteroatoms. The van der Waals surface area contributed by atoms with Crippen LogP contribution >= 0.6 is 0 Å². The van der Waals surface area contributed by atoms with Crippen molar-refractivity contribution in [3.63, 3.8) is 0 Å². The number of rotatable bonds is 7. The molecule has 4 atom stereocenters. The Morgan fingerprint density at radius 3 is 2.62 bits per heavy atom. The molecule has 1 aliphatic heterocycles. The minimum absolute atomic E-state index is 0. The summed E-state index contributed by atoms with van der Waals surface area (Å²) in [5.41, 5.74) is 0.762. The summed E-state index contributed by atoms with van der Waals surface area (Å²) >= 11 is 0. The van der Waals surface area contributed by atoms with Gasteiger partial charge in [0, 0.05) is 67.9 Å². The Bertz CT molecular complexity index is 989. The van der Waals surface area contributed by atoms with E-state index in [1.54, 1.807) is 38.1 Å². The molecule has 0 amide bonds. The van der Waals surface area contributed by atoms with Crippen LogP contribution in [0.3, 0.4) is 0 Å². The molecule has 1 aliphatic carbocycles. The van der Waals surface area contributed by atoms with Crippen molar-refractivity contribution < 1.29 is 67.8 Å². The van der Waals surface area contributed by atoms with Crippen LogP contribution in [0.1, 0.15) is 50.7 Å². The van der Waals surface area contributed by atoms with Crippen molar-refractivity contribution in [1.82, 2.24) is 0 Å². The van der Waals surface area contributed by atoms with Crippen molar-refractivity contribution in [2.24, 2.45) is 5.92 Å². The van der Waals surface area contributed by atoms with Crippen molar-refractivity contribution in [2.75, 3.05) is 0 Å². The fourth-order valence-corrected chi connectivity index (χ4v) is 4.76. The summed E-state index contributed by atoms with van der Waals surface area (Å²) in [5, 5.41) is 10.6. The van der Waals surface area contributed by atoms with E-state index < -0.39 is 29.2 Å². The molecule has 4 nitrogen and oxygen atoms in total. The molecule has 1 radical (unpaired) electrons. The molecule has 1 heterocycles. The minimum atomic E-state index is -1.37. The third-order valence-corrected chi connectivity index (χ3v) is 6.23. The standard InChI is InChI=1S/C26H29FO4.Ac/c1-4-9-16-10-8-13-18-23-19(21(28)15-22(23)30-24(16)18)14-20(27)25(29)26(2,3)31-17-11-6-5-7-12-17;/h5-8,10-14,19,21-23,28H,4,9,15H2,1-3H3;/b20-14-;/t19-,21+,22-,23+;/m0./s1. The van der Waals surface area contributed by atoms with Crippen LogP contribution in [-0.4, -0.2) is 28.7 Å². The zero-order valence-electron chi connectivity index (χ0n) is 18.8. The van der Waals surface area contributed by atoms with Crippen LogP contribution in [0.5, 0.6) is 11.5 Å². The molecule has 0 aromatic heterocycles.